The number of nitrogens with two attached hydrogens (primary N) is 1. The molecule has 0 aromatic heterocycles. The maximum atomic E-state index is 12.9. The third-order valence-electron chi connectivity index (χ3n) is 6.31. The Morgan fingerprint density at radius 3 is 2.43 bits per heavy atom. The second-order valence-corrected chi connectivity index (χ2v) is 10.4. The summed E-state index contributed by atoms with van der Waals surface area (Å²) in [7, 11) is 0. The lowest BCUT2D eigenvalue weighted by atomic mass is 9.58. The average molecular weight is 504 g/mol. The Bertz CT molecular complexity index is 1240. The van der Waals surface area contributed by atoms with Crippen molar-refractivity contribution in [3.8, 4) is 29.7 Å². The number of nitriles is 3. The normalized spacial score (nSPS) is 20.6. The largest absolute Gasteiger partial charge is 0.490 e. The van der Waals surface area contributed by atoms with E-state index in [4.69, 9.17) is 19.9 Å². The SMILES string of the molecule is CCOc1cc([C@H]2[C@@H]3CN(C(=O)OC(C)(C)C)CC=C3C(C#N)=C(N)C2(C#N)C#N)ccc1OC(C)C. The van der Waals surface area contributed by atoms with Gasteiger partial charge in [0.15, 0.2) is 16.9 Å². The minimum Gasteiger partial charge on any atom is -0.490 e. The van der Waals surface area contributed by atoms with Gasteiger partial charge in [-0.2, -0.15) is 15.8 Å². The molecule has 0 spiro atoms. The van der Waals surface area contributed by atoms with Crippen LogP contribution in [0.1, 0.15) is 53.0 Å². The van der Waals surface area contributed by atoms with Crippen LogP contribution in [0.15, 0.2) is 41.1 Å². The molecule has 1 aliphatic heterocycles. The number of fused-ring (bicyclic) bond motifs is 1. The number of nitrogens with zero attached hydrogens (tertiary/aromatic N) is 4. The van der Waals surface area contributed by atoms with Crippen molar-refractivity contribution in [2.45, 2.75) is 59.2 Å². The van der Waals surface area contributed by atoms with Gasteiger partial charge in [0.25, 0.3) is 0 Å². The molecule has 194 valence electrons. The summed E-state index contributed by atoms with van der Waals surface area (Å²) in [6.45, 7) is 11.7. The molecule has 1 amide bonds. The van der Waals surface area contributed by atoms with E-state index in [9.17, 15) is 20.6 Å². The highest BCUT2D eigenvalue weighted by molar-refractivity contribution is 5.70. The predicted octanol–water partition coefficient (Wildman–Crippen LogP) is 4.53. The van der Waals surface area contributed by atoms with Gasteiger partial charge >= 0.3 is 6.09 Å². The van der Waals surface area contributed by atoms with E-state index in [1.807, 2.05) is 20.8 Å². The summed E-state index contributed by atoms with van der Waals surface area (Å²) in [5.74, 6) is -0.346. The molecule has 2 aliphatic rings. The van der Waals surface area contributed by atoms with E-state index in [-0.39, 0.29) is 30.5 Å². The molecule has 0 radical (unpaired) electrons. The van der Waals surface area contributed by atoms with Crippen molar-refractivity contribution in [2.75, 3.05) is 19.7 Å². The first-order valence-electron chi connectivity index (χ1n) is 12.3. The van der Waals surface area contributed by atoms with E-state index in [1.165, 1.54) is 4.90 Å². The summed E-state index contributed by atoms with van der Waals surface area (Å²) in [5.41, 5.74) is 5.13. The first-order valence-corrected chi connectivity index (χ1v) is 12.3. The van der Waals surface area contributed by atoms with Crippen molar-refractivity contribution in [1.29, 1.82) is 15.8 Å². The van der Waals surface area contributed by atoms with Crippen molar-refractivity contribution in [3.63, 3.8) is 0 Å². The fourth-order valence-electron chi connectivity index (χ4n) is 4.87. The Hall–Kier alpha value is -4.16. The van der Waals surface area contributed by atoms with E-state index in [0.717, 1.165) is 0 Å². The van der Waals surface area contributed by atoms with Crippen LogP contribution in [0.2, 0.25) is 0 Å². The summed E-state index contributed by atoms with van der Waals surface area (Å²) < 4.78 is 17.3. The molecular weight excluding hydrogens is 470 g/mol. The fourth-order valence-corrected chi connectivity index (χ4v) is 4.87. The quantitative estimate of drug-likeness (QED) is 0.616. The Kier molecular flexibility index (Phi) is 7.74. The Labute approximate surface area is 218 Å². The molecule has 0 saturated carbocycles. The maximum Gasteiger partial charge on any atom is 0.410 e. The van der Waals surface area contributed by atoms with Gasteiger partial charge in [-0.15, -0.1) is 0 Å². The number of allylic oxidation sites excluding steroid dienone is 2. The molecule has 0 unspecified atom stereocenters. The standard InChI is InChI=1S/C28H33N5O4/c1-7-35-23-12-18(8-9-22(23)36-17(2)3)24-21-14-33(26(34)37-27(4,5)6)11-10-19(21)20(13-29)25(32)28(24,15-30)16-31/h8-10,12,17,21,24H,7,11,14,32H2,1-6H3/t21-,24+/m1/s1. The van der Waals surface area contributed by atoms with Gasteiger partial charge in [0.05, 0.1) is 36.1 Å². The average Bonchev–Trinajstić information content (AvgIpc) is 2.83. The molecule has 0 fully saturated rings. The van der Waals surface area contributed by atoms with Gasteiger partial charge in [-0.1, -0.05) is 12.1 Å². The molecule has 1 heterocycles. The topological polar surface area (TPSA) is 145 Å². The zero-order valence-corrected chi connectivity index (χ0v) is 22.2. The molecule has 1 aromatic rings. The summed E-state index contributed by atoms with van der Waals surface area (Å²) in [6, 6.07) is 11.6. The van der Waals surface area contributed by atoms with E-state index in [1.54, 1.807) is 45.0 Å². The summed E-state index contributed by atoms with van der Waals surface area (Å²) in [6.07, 6.45) is 1.15. The second-order valence-electron chi connectivity index (χ2n) is 10.4. The van der Waals surface area contributed by atoms with Crippen LogP contribution < -0.4 is 15.2 Å². The number of amides is 1. The molecule has 0 saturated heterocycles. The first-order chi connectivity index (χ1) is 17.4. The molecule has 2 atom stereocenters. The van der Waals surface area contributed by atoms with Gasteiger partial charge in [0.2, 0.25) is 0 Å². The maximum absolute atomic E-state index is 12.9. The van der Waals surface area contributed by atoms with E-state index in [0.29, 0.717) is 29.2 Å². The Balaban J connectivity index is 2.22. The molecule has 3 rings (SSSR count). The van der Waals surface area contributed by atoms with E-state index >= 15 is 0 Å². The van der Waals surface area contributed by atoms with Gasteiger partial charge in [-0.05, 0) is 64.8 Å². The highest BCUT2D eigenvalue weighted by Gasteiger charge is 2.55. The monoisotopic (exact) mass is 503 g/mol. The third kappa shape index (κ3) is 5.20. The summed E-state index contributed by atoms with van der Waals surface area (Å²) >= 11 is 0. The molecule has 9 nitrogen and oxygen atoms in total. The zero-order chi connectivity index (χ0) is 27.5. The zero-order valence-electron chi connectivity index (χ0n) is 22.2. The van der Waals surface area contributed by atoms with Gasteiger partial charge in [0.1, 0.15) is 11.7 Å². The van der Waals surface area contributed by atoms with E-state index in [2.05, 4.69) is 18.2 Å². The highest BCUT2D eigenvalue weighted by Crippen LogP contribution is 2.55. The molecule has 37 heavy (non-hydrogen) atoms. The number of hydrogen-bond acceptors (Lipinski definition) is 8. The number of hydrogen-bond donors (Lipinski definition) is 1. The van der Waals surface area contributed by atoms with Crippen LogP contribution in [0.4, 0.5) is 4.79 Å². The van der Waals surface area contributed by atoms with Crippen LogP contribution in [0, 0.1) is 45.3 Å². The van der Waals surface area contributed by atoms with Crippen molar-refractivity contribution < 1.29 is 19.0 Å². The van der Waals surface area contributed by atoms with Gasteiger partial charge in [-0.25, -0.2) is 4.79 Å². The van der Waals surface area contributed by atoms with Gasteiger partial charge in [-0.3, -0.25) is 0 Å². The van der Waals surface area contributed by atoms with E-state index < -0.39 is 28.9 Å². The lowest BCUT2D eigenvalue weighted by molar-refractivity contribution is 0.0224. The summed E-state index contributed by atoms with van der Waals surface area (Å²) in [5, 5.41) is 30.6. The fraction of sp³-hybridized carbons (Fsp3) is 0.500. The number of carbonyl (C=O) groups excluding carboxylic acids is 1. The lowest BCUT2D eigenvalue weighted by Crippen LogP contribution is -2.50. The third-order valence-corrected chi connectivity index (χ3v) is 6.31. The number of carbonyl (C=O) groups is 1. The van der Waals surface area contributed by atoms with Crippen molar-refractivity contribution in [3.05, 3.63) is 46.7 Å². The van der Waals surface area contributed by atoms with Crippen LogP contribution >= 0.6 is 0 Å². The minimum atomic E-state index is -1.84. The first kappa shape index (κ1) is 27.4. The lowest BCUT2D eigenvalue weighted by Gasteiger charge is -2.45. The van der Waals surface area contributed by atoms with Gasteiger partial charge < -0.3 is 24.8 Å². The molecule has 0 bridgehead atoms. The Morgan fingerprint density at radius 2 is 1.89 bits per heavy atom. The smallest absolute Gasteiger partial charge is 0.410 e. The molecule has 2 N–H and O–H groups in total. The molecular formula is C28H33N5O4. The number of benzene rings is 1. The minimum absolute atomic E-state index is 0.0846. The predicted molar refractivity (Wildman–Crippen MR) is 136 cm³/mol. The summed E-state index contributed by atoms with van der Waals surface area (Å²) in [4.78, 5) is 14.5. The van der Waals surface area contributed by atoms with Crippen LogP contribution in [-0.4, -0.2) is 42.4 Å². The molecule has 1 aliphatic carbocycles. The van der Waals surface area contributed by atoms with Crippen LogP contribution in [0.3, 0.4) is 0 Å². The molecule has 1 aromatic carbocycles. The second kappa shape index (κ2) is 10.4. The van der Waals surface area contributed by atoms with Crippen LogP contribution in [0.25, 0.3) is 0 Å². The highest BCUT2D eigenvalue weighted by atomic mass is 16.6. The van der Waals surface area contributed by atoms with Gasteiger partial charge in [0, 0.05) is 24.9 Å². The van der Waals surface area contributed by atoms with Crippen molar-refractivity contribution in [1.82, 2.24) is 4.90 Å². The van der Waals surface area contributed by atoms with Crippen molar-refractivity contribution >= 4 is 6.09 Å². The number of rotatable bonds is 5. The number of ether oxygens (including phenoxy) is 3. The van der Waals surface area contributed by atoms with Crippen LogP contribution in [0.5, 0.6) is 11.5 Å². The molecule has 9 heteroatoms. The van der Waals surface area contributed by atoms with Crippen molar-refractivity contribution in [2.24, 2.45) is 17.1 Å². The van der Waals surface area contributed by atoms with Crippen LogP contribution in [-0.2, 0) is 4.74 Å². The Morgan fingerprint density at radius 1 is 1.22 bits per heavy atom.